The molecule has 1 saturated heterocycles. The van der Waals surface area contributed by atoms with E-state index in [-0.39, 0.29) is 23.5 Å². The van der Waals surface area contributed by atoms with Crippen LogP contribution in [0.3, 0.4) is 0 Å². The first kappa shape index (κ1) is 19.3. The number of nitrogens with zero attached hydrogens (tertiary/aromatic N) is 3. The number of rotatable bonds is 6. The third kappa shape index (κ3) is 4.46. The standard InChI is InChI=1S/C22H29N3O2/c1-4-25-20(14-19(23-25)16(2)3)22(27)24-12-8-11-18(15-24)21(26)13-17-9-6-5-7-10-17/h5-7,9-10,14,16,18H,4,8,11-13,15H2,1-3H3/t18-/m1/s1. The summed E-state index contributed by atoms with van der Waals surface area (Å²) in [4.78, 5) is 27.7. The van der Waals surface area contributed by atoms with E-state index in [0.717, 1.165) is 24.1 Å². The average Bonchev–Trinajstić information content (AvgIpc) is 3.13. The molecule has 3 rings (SSSR count). The Morgan fingerprint density at radius 1 is 1.22 bits per heavy atom. The van der Waals surface area contributed by atoms with E-state index >= 15 is 0 Å². The van der Waals surface area contributed by atoms with Gasteiger partial charge in [0, 0.05) is 32.0 Å². The van der Waals surface area contributed by atoms with Crippen LogP contribution in [0.2, 0.25) is 0 Å². The number of aryl methyl sites for hydroxylation is 1. The van der Waals surface area contributed by atoms with E-state index in [4.69, 9.17) is 0 Å². The summed E-state index contributed by atoms with van der Waals surface area (Å²) in [5, 5.41) is 4.56. The normalized spacial score (nSPS) is 17.3. The van der Waals surface area contributed by atoms with Crippen LogP contribution in [0.5, 0.6) is 0 Å². The number of ketones is 1. The number of Topliss-reactive ketones (excluding diaryl/α,β-unsaturated/α-hetero) is 1. The molecule has 1 aliphatic heterocycles. The van der Waals surface area contributed by atoms with Crippen molar-refractivity contribution >= 4 is 11.7 Å². The van der Waals surface area contributed by atoms with Crippen molar-refractivity contribution in [3.8, 4) is 0 Å². The molecule has 144 valence electrons. The second-order valence-electron chi connectivity index (χ2n) is 7.64. The second-order valence-corrected chi connectivity index (χ2v) is 7.64. The van der Waals surface area contributed by atoms with E-state index in [0.29, 0.717) is 31.7 Å². The number of likely N-dealkylation sites (tertiary alicyclic amines) is 1. The highest BCUT2D eigenvalue weighted by Crippen LogP contribution is 2.22. The van der Waals surface area contributed by atoms with Crippen LogP contribution < -0.4 is 0 Å². The Balaban J connectivity index is 1.70. The van der Waals surface area contributed by atoms with Crippen LogP contribution in [-0.2, 0) is 17.8 Å². The van der Waals surface area contributed by atoms with Gasteiger partial charge in [-0.3, -0.25) is 14.3 Å². The Hall–Kier alpha value is -2.43. The minimum atomic E-state index is -0.0783. The maximum Gasteiger partial charge on any atom is 0.272 e. The molecule has 1 amide bonds. The first-order valence-electron chi connectivity index (χ1n) is 9.93. The van der Waals surface area contributed by atoms with E-state index < -0.39 is 0 Å². The monoisotopic (exact) mass is 367 g/mol. The quantitative estimate of drug-likeness (QED) is 0.782. The molecule has 1 aliphatic rings. The van der Waals surface area contributed by atoms with Gasteiger partial charge < -0.3 is 4.90 Å². The zero-order chi connectivity index (χ0) is 19.4. The van der Waals surface area contributed by atoms with Crippen LogP contribution in [0.4, 0.5) is 0 Å². The van der Waals surface area contributed by atoms with E-state index in [2.05, 4.69) is 18.9 Å². The molecule has 1 aromatic heterocycles. The van der Waals surface area contributed by atoms with Gasteiger partial charge in [0.15, 0.2) is 0 Å². The molecule has 1 atom stereocenters. The molecule has 5 heteroatoms. The molecular formula is C22H29N3O2. The zero-order valence-corrected chi connectivity index (χ0v) is 16.5. The summed E-state index contributed by atoms with van der Waals surface area (Å²) >= 11 is 0. The SMILES string of the molecule is CCn1nc(C(C)C)cc1C(=O)N1CCC[C@@H](C(=O)Cc2ccccc2)C1. The molecule has 0 N–H and O–H groups in total. The largest absolute Gasteiger partial charge is 0.337 e. The topological polar surface area (TPSA) is 55.2 Å². The summed E-state index contributed by atoms with van der Waals surface area (Å²) in [6.45, 7) is 8.04. The highest BCUT2D eigenvalue weighted by Gasteiger charge is 2.30. The van der Waals surface area contributed by atoms with Gasteiger partial charge in [0.1, 0.15) is 11.5 Å². The van der Waals surface area contributed by atoms with Gasteiger partial charge in [-0.2, -0.15) is 5.10 Å². The molecule has 5 nitrogen and oxygen atoms in total. The van der Waals surface area contributed by atoms with Crippen molar-refractivity contribution in [1.82, 2.24) is 14.7 Å². The van der Waals surface area contributed by atoms with E-state index in [1.165, 1.54) is 0 Å². The Bertz CT molecular complexity index is 795. The zero-order valence-electron chi connectivity index (χ0n) is 16.5. The van der Waals surface area contributed by atoms with Gasteiger partial charge >= 0.3 is 0 Å². The Labute approximate surface area is 161 Å². The van der Waals surface area contributed by atoms with Gasteiger partial charge in [0.05, 0.1) is 5.69 Å². The summed E-state index contributed by atoms with van der Waals surface area (Å²) < 4.78 is 1.78. The number of hydrogen-bond donors (Lipinski definition) is 0. The molecule has 2 heterocycles. The van der Waals surface area contributed by atoms with Crippen LogP contribution >= 0.6 is 0 Å². The molecule has 1 aromatic carbocycles. The molecule has 0 bridgehead atoms. The second kappa shape index (κ2) is 8.51. The Kier molecular flexibility index (Phi) is 6.09. The number of carbonyl (C=O) groups is 2. The number of piperidine rings is 1. The third-order valence-electron chi connectivity index (χ3n) is 5.29. The fourth-order valence-electron chi connectivity index (χ4n) is 3.66. The maximum absolute atomic E-state index is 13.1. The first-order valence-corrected chi connectivity index (χ1v) is 9.93. The summed E-state index contributed by atoms with van der Waals surface area (Å²) in [6.07, 6.45) is 2.17. The highest BCUT2D eigenvalue weighted by molar-refractivity contribution is 5.93. The fourth-order valence-corrected chi connectivity index (χ4v) is 3.66. The van der Waals surface area contributed by atoms with Crippen LogP contribution in [-0.4, -0.2) is 39.5 Å². The van der Waals surface area contributed by atoms with Gasteiger partial charge in [-0.05, 0) is 37.3 Å². The number of amides is 1. The molecule has 0 aliphatic carbocycles. The van der Waals surface area contributed by atoms with Gasteiger partial charge in [0.25, 0.3) is 5.91 Å². The van der Waals surface area contributed by atoms with Crippen molar-refractivity contribution in [1.29, 1.82) is 0 Å². The molecule has 2 aromatic rings. The van der Waals surface area contributed by atoms with Crippen molar-refractivity contribution in [2.24, 2.45) is 5.92 Å². The minimum Gasteiger partial charge on any atom is -0.337 e. The lowest BCUT2D eigenvalue weighted by Crippen LogP contribution is -2.43. The molecule has 0 saturated carbocycles. The van der Waals surface area contributed by atoms with Gasteiger partial charge in [0.2, 0.25) is 0 Å². The average molecular weight is 367 g/mol. The van der Waals surface area contributed by atoms with Crippen molar-refractivity contribution in [2.45, 2.75) is 52.5 Å². The minimum absolute atomic E-state index is 0.00605. The maximum atomic E-state index is 13.1. The number of hydrogen-bond acceptors (Lipinski definition) is 3. The number of benzene rings is 1. The Morgan fingerprint density at radius 3 is 2.63 bits per heavy atom. The van der Waals surface area contributed by atoms with Gasteiger partial charge in [-0.25, -0.2) is 0 Å². The summed E-state index contributed by atoms with van der Waals surface area (Å²) in [5.74, 6) is 0.426. The fraction of sp³-hybridized carbons (Fsp3) is 0.500. The molecule has 0 unspecified atom stereocenters. The van der Waals surface area contributed by atoms with Crippen molar-refractivity contribution < 1.29 is 9.59 Å². The van der Waals surface area contributed by atoms with E-state index in [1.54, 1.807) is 4.68 Å². The number of carbonyl (C=O) groups excluding carboxylic acids is 2. The van der Waals surface area contributed by atoms with Crippen molar-refractivity contribution in [2.75, 3.05) is 13.1 Å². The summed E-state index contributed by atoms with van der Waals surface area (Å²) in [6, 6.07) is 11.7. The summed E-state index contributed by atoms with van der Waals surface area (Å²) in [5.41, 5.74) is 2.61. The van der Waals surface area contributed by atoms with Crippen LogP contribution in [0, 0.1) is 5.92 Å². The lowest BCUT2D eigenvalue weighted by molar-refractivity contribution is -0.123. The predicted molar refractivity (Wildman–Crippen MR) is 106 cm³/mol. The lowest BCUT2D eigenvalue weighted by Gasteiger charge is -2.32. The van der Waals surface area contributed by atoms with Crippen LogP contribution in [0.15, 0.2) is 36.4 Å². The summed E-state index contributed by atoms with van der Waals surface area (Å²) in [7, 11) is 0. The Morgan fingerprint density at radius 2 is 1.96 bits per heavy atom. The van der Waals surface area contributed by atoms with E-state index in [1.807, 2.05) is 48.2 Å². The smallest absolute Gasteiger partial charge is 0.272 e. The molecule has 0 radical (unpaired) electrons. The predicted octanol–water partition coefficient (Wildman–Crippen LogP) is 3.69. The first-order chi connectivity index (χ1) is 13.0. The van der Waals surface area contributed by atoms with E-state index in [9.17, 15) is 9.59 Å². The van der Waals surface area contributed by atoms with Crippen LogP contribution in [0.25, 0.3) is 0 Å². The molecule has 0 spiro atoms. The molecule has 27 heavy (non-hydrogen) atoms. The van der Waals surface area contributed by atoms with Crippen molar-refractivity contribution in [3.05, 3.63) is 53.3 Å². The lowest BCUT2D eigenvalue weighted by atomic mass is 9.90. The molecular weight excluding hydrogens is 338 g/mol. The van der Waals surface area contributed by atoms with Crippen molar-refractivity contribution in [3.63, 3.8) is 0 Å². The van der Waals surface area contributed by atoms with Crippen LogP contribution in [0.1, 0.15) is 61.3 Å². The van der Waals surface area contributed by atoms with Gasteiger partial charge in [-0.1, -0.05) is 44.2 Å². The third-order valence-corrected chi connectivity index (χ3v) is 5.29. The van der Waals surface area contributed by atoms with Gasteiger partial charge in [-0.15, -0.1) is 0 Å². The number of aromatic nitrogens is 2. The highest BCUT2D eigenvalue weighted by atomic mass is 16.2. The molecule has 1 fully saturated rings.